The summed E-state index contributed by atoms with van der Waals surface area (Å²) in [4.78, 5) is -0.278. The summed E-state index contributed by atoms with van der Waals surface area (Å²) < 4.78 is 37.0. The Hall–Kier alpha value is -1.03. The lowest BCUT2D eigenvalue weighted by molar-refractivity contribution is -0.135. The molecule has 2 rings (SSSR count). The zero-order chi connectivity index (χ0) is 14.0. The number of hydrogen-bond donors (Lipinski definition) is 0. The van der Waals surface area contributed by atoms with E-state index in [0.717, 1.165) is 21.9 Å². The van der Waals surface area contributed by atoms with Crippen LogP contribution in [0, 0.1) is 6.92 Å². The number of aryl methyl sites for hydroxylation is 1. The van der Waals surface area contributed by atoms with E-state index in [0.29, 0.717) is 0 Å². The molecule has 0 aliphatic carbocycles. The lowest BCUT2D eigenvalue weighted by Gasteiger charge is -2.17. The van der Waals surface area contributed by atoms with Crippen LogP contribution in [0.1, 0.15) is 28.8 Å². The molecule has 0 amide bonds. The first-order valence-corrected chi connectivity index (χ1v) is 6.99. The summed E-state index contributed by atoms with van der Waals surface area (Å²) in [6.07, 6.45) is -4.82. The highest BCUT2D eigenvalue weighted by molar-refractivity contribution is 9.09. The molecule has 0 radical (unpaired) electrons. The molecule has 102 valence electrons. The number of alkyl halides is 4. The number of benzene rings is 2. The van der Waals surface area contributed by atoms with Crippen molar-refractivity contribution in [2.45, 2.75) is 30.8 Å². The third kappa shape index (κ3) is 3.50. The fourth-order valence-corrected chi connectivity index (χ4v) is 3.09. The van der Waals surface area contributed by atoms with Gasteiger partial charge < -0.3 is 0 Å². The highest BCUT2D eigenvalue weighted by Crippen LogP contribution is 2.38. The van der Waals surface area contributed by atoms with Gasteiger partial charge in [0.15, 0.2) is 0 Å². The fourth-order valence-electron chi connectivity index (χ4n) is 2.26. The summed E-state index contributed by atoms with van der Waals surface area (Å²) in [5.41, 5.74) is 1.98. The maximum absolute atomic E-state index is 12.3. The maximum atomic E-state index is 12.3. The van der Waals surface area contributed by atoms with E-state index >= 15 is 0 Å². The Kier molecular flexibility index (Phi) is 4.19. The molecule has 0 nitrogen and oxygen atoms in total. The molecule has 0 fully saturated rings. The molecule has 0 bridgehead atoms. The molecule has 0 heterocycles. The predicted octanol–water partition coefficient (Wildman–Crippen LogP) is 5.93. The molecule has 0 saturated heterocycles. The van der Waals surface area contributed by atoms with Gasteiger partial charge in [-0.2, -0.15) is 13.2 Å². The second kappa shape index (κ2) is 5.53. The van der Waals surface area contributed by atoms with E-state index in [9.17, 15) is 13.2 Å². The Balaban J connectivity index is 2.35. The van der Waals surface area contributed by atoms with E-state index in [1.807, 2.05) is 43.3 Å². The quantitative estimate of drug-likeness (QED) is 0.612. The molecule has 0 aliphatic heterocycles. The van der Waals surface area contributed by atoms with E-state index in [-0.39, 0.29) is 11.2 Å². The summed E-state index contributed by atoms with van der Waals surface area (Å²) in [7, 11) is 0. The standard InChI is InChI=1S/C15H14BrF3/c1-10-6-7-11-4-2-3-5-12(11)14(10)13(16)8-9-15(17,18)19/h2-7,13H,8-9H2,1H3. The smallest absolute Gasteiger partial charge is 0.171 e. The van der Waals surface area contributed by atoms with Crippen molar-refractivity contribution >= 4 is 26.7 Å². The maximum Gasteiger partial charge on any atom is 0.389 e. The highest BCUT2D eigenvalue weighted by Gasteiger charge is 2.28. The second-order valence-electron chi connectivity index (χ2n) is 4.64. The SMILES string of the molecule is Cc1ccc2ccccc2c1C(Br)CCC(F)(F)F. The van der Waals surface area contributed by atoms with Gasteiger partial charge in [-0.15, -0.1) is 0 Å². The first kappa shape index (κ1) is 14.4. The summed E-state index contributed by atoms with van der Waals surface area (Å²) in [6, 6.07) is 11.7. The third-order valence-electron chi connectivity index (χ3n) is 3.18. The molecule has 2 aromatic rings. The lowest BCUT2D eigenvalue weighted by atomic mass is 9.95. The van der Waals surface area contributed by atoms with Gasteiger partial charge in [-0.1, -0.05) is 52.3 Å². The minimum absolute atomic E-state index is 0.0539. The van der Waals surface area contributed by atoms with Crippen LogP contribution in [-0.2, 0) is 0 Å². The van der Waals surface area contributed by atoms with Crippen LogP contribution in [0.25, 0.3) is 10.8 Å². The minimum Gasteiger partial charge on any atom is -0.171 e. The highest BCUT2D eigenvalue weighted by atomic mass is 79.9. The average Bonchev–Trinajstić information content (AvgIpc) is 2.35. The Morgan fingerprint density at radius 2 is 1.79 bits per heavy atom. The number of fused-ring (bicyclic) bond motifs is 1. The van der Waals surface area contributed by atoms with Gasteiger partial charge in [-0.3, -0.25) is 0 Å². The van der Waals surface area contributed by atoms with Gasteiger partial charge in [0.1, 0.15) is 0 Å². The zero-order valence-corrected chi connectivity index (χ0v) is 12.1. The van der Waals surface area contributed by atoms with Crippen LogP contribution in [0.4, 0.5) is 13.2 Å². The van der Waals surface area contributed by atoms with Gasteiger partial charge in [0.2, 0.25) is 0 Å². The van der Waals surface area contributed by atoms with Gasteiger partial charge in [0.25, 0.3) is 0 Å². The fraction of sp³-hybridized carbons (Fsp3) is 0.333. The number of hydrogen-bond acceptors (Lipinski definition) is 0. The first-order valence-electron chi connectivity index (χ1n) is 6.07. The summed E-state index contributed by atoms with van der Waals surface area (Å²) in [5, 5.41) is 2.08. The van der Waals surface area contributed by atoms with Crippen molar-refractivity contribution in [3.63, 3.8) is 0 Å². The van der Waals surface area contributed by atoms with Crippen molar-refractivity contribution in [3.05, 3.63) is 47.5 Å². The van der Waals surface area contributed by atoms with Crippen LogP contribution in [0.15, 0.2) is 36.4 Å². The van der Waals surface area contributed by atoms with Gasteiger partial charge in [-0.25, -0.2) is 0 Å². The molecule has 0 spiro atoms. The molecule has 19 heavy (non-hydrogen) atoms. The normalized spacial score (nSPS) is 13.7. The van der Waals surface area contributed by atoms with Crippen LogP contribution in [0.2, 0.25) is 0 Å². The Labute approximate surface area is 118 Å². The van der Waals surface area contributed by atoms with Crippen molar-refractivity contribution in [1.29, 1.82) is 0 Å². The molecule has 4 heteroatoms. The van der Waals surface area contributed by atoms with Crippen LogP contribution in [0.3, 0.4) is 0 Å². The van der Waals surface area contributed by atoms with E-state index in [4.69, 9.17) is 0 Å². The van der Waals surface area contributed by atoms with E-state index in [1.54, 1.807) is 0 Å². The van der Waals surface area contributed by atoms with Gasteiger partial charge in [-0.05, 0) is 35.2 Å². The number of halogens is 4. The van der Waals surface area contributed by atoms with Crippen molar-refractivity contribution in [2.75, 3.05) is 0 Å². The number of rotatable bonds is 3. The zero-order valence-electron chi connectivity index (χ0n) is 10.5. The van der Waals surface area contributed by atoms with E-state index < -0.39 is 12.6 Å². The lowest BCUT2D eigenvalue weighted by Crippen LogP contribution is -2.08. The Bertz CT molecular complexity index is 575. The van der Waals surface area contributed by atoms with Gasteiger partial charge in [0.05, 0.1) is 0 Å². The molecule has 0 aliphatic rings. The van der Waals surface area contributed by atoms with Gasteiger partial charge >= 0.3 is 6.18 Å². The summed E-state index contributed by atoms with van der Waals surface area (Å²) in [6.45, 7) is 1.93. The third-order valence-corrected chi connectivity index (χ3v) is 4.10. The molecular weight excluding hydrogens is 317 g/mol. The van der Waals surface area contributed by atoms with Crippen molar-refractivity contribution in [3.8, 4) is 0 Å². The van der Waals surface area contributed by atoms with Gasteiger partial charge in [0, 0.05) is 11.2 Å². The summed E-state index contributed by atoms with van der Waals surface area (Å²) in [5.74, 6) is 0. The van der Waals surface area contributed by atoms with Crippen molar-refractivity contribution in [2.24, 2.45) is 0 Å². The molecule has 0 aromatic heterocycles. The summed E-state index contributed by atoms with van der Waals surface area (Å²) >= 11 is 3.41. The Morgan fingerprint density at radius 3 is 2.47 bits per heavy atom. The van der Waals surface area contributed by atoms with Crippen LogP contribution in [-0.4, -0.2) is 6.18 Å². The van der Waals surface area contributed by atoms with E-state index in [2.05, 4.69) is 15.9 Å². The molecule has 2 aromatic carbocycles. The van der Waals surface area contributed by atoms with Crippen LogP contribution >= 0.6 is 15.9 Å². The molecule has 0 N–H and O–H groups in total. The van der Waals surface area contributed by atoms with Crippen molar-refractivity contribution in [1.82, 2.24) is 0 Å². The first-order chi connectivity index (χ1) is 8.88. The van der Waals surface area contributed by atoms with Crippen molar-refractivity contribution < 1.29 is 13.2 Å². The monoisotopic (exact) mass is 330 g/mol. The van der Waals surface area contributed by atoms with Crippen LogP contribution < -0.4 is 0 Å². The largest absolute Gasteiger partial charge is 0.389 e. The molecule has 1 atom stereocenters. The Morgan fingerprint density at radius 1 is 1.11 bits per heavy atom. The van der Waals surface area contributed by atoms with E-state index in [1.165, 1.54) is 0 Å². The molecule has 0 saturated carbocycles. The van der Waals surface area contributed by atoms with Crippen LogP contribution in [0.5, 0.6) is 0 Å². The molecular formula is C15H14BrF3. The second-order valence-corrected chi connectivity index (χ2v) is 5.74. The molecule has 1 unspecified atom stereocenters. The average molecular weight is 331 g/mol. The predicted molar refractivity (Wildman–Crippen MR) is 75.6 cm³/mol. The minimum atomic E-state index is -4.11. The topological polar surface area (TPSA) is 0 Å².